The minimum absolute atomic E-state index is 0.0606. The number of hydrogen-bond donors (Lipinski definition) is 2. The third-order valence-electron chi connectivity index (χ3n) is 4.99. The van der Waals surface area contributed by atoms with Crippen LogP contribution < -0.4 is 10.0 Å². The van der Waals surface area contributed by atoms with E-state index in [-0.39, 0.29) is 24.8 Å². The second kappa shape index (κ2) is 8.94. The van der Waals surface area contributed by atoms with E-state index in [1.165, 1.54) is 6.92 Å². The summed E-state index contributed by atoms with van der Waals surface area (Å²) < 4.78 is 27.3. The molecule has 1 fully saturated rings. The van der Waals surface area contributed by atoms with Crippen molar-refractivity contribution < 1.29 is 22.8 Å². The van der Waals surface area contributed by atoms with Crippen LogP contribution in [0.3, 0.4) is 0 Å². The normalized spacial score (nSPS) is 17.6. The number of nitrogens with zero attached hydrogens (tertiary/aromatic N) is 1. The van der Waals surface area contributed by atoms with Gasteiger partial charge in [0.25, 0.3) is 0 Å². The molecule has 1 atom stereocenters. The van der Waals surface area contributed by atoms with E-state index in [1.807, 2.05) is 50.6 Å². The van der Waals surface area contributed by atoms with Crippen molar-refractivity contribution in [1.29, 1.82) is 0 Å². The topological polar surface area (TPSA) is 113 Å². The van der Waals surface area contributed by atoms with E-state index >= 15 is 0 Å². The highest BCUT2D eigenvalue weighted by Gasteiger charge is 2.40. The first-order valence-corrected chi connectivity index (χ1v) is 11.3. The lowest BCUT2D eigenvalue weighted by molar-refractivity contribution is -0.144. The van der Waals surface area contributed by atoms with E-state index < -0.39 is 33.1 Å². The maximum atomic E-state index is 12.7. The highest BCUT2D eigenvalue weighted by atomic mass is 32.2. The van der Waals surface area contributed by atoms with Gasteiger partial charge in [0, 0.05) is 19.2 Å². The summed E-state index contributed by atoms with van der Waals surface area (Å²) >= 11 is 0. The number of para-hydroxylation sites is 1. The quantitative estimate of drug-likeness (QED) is 0.756. The van der Waals surface area contributed by atoms with Gasteiger partial charge in [-0.2, -0.15) is 0 Å². The molecule has 0 radical (unpaired) electrons. The number of benzene rings is 1. The van der Waals surface area contributed by atoms with Gasteiger partial charge in [0.05, 0.1) is 0 Å². The molecule has 1 aromatic rings. The maximum Gasteiger partial charge on any atom is 0.332 e. The molecule has 2 rings (SSSR count). The molecule has 1 saturated heterocycles. The Morgan fingerprint density at radius 1 is 1.10 bits per heavy atom. The van der Waals surface area contributed by atoms with E-state index in [9.17, 15) is 22.8 Å². The molecule has 0 aromatic heterocycles. The first-order chi connectivity index (χ1) is 13.5. The summed E-state index contributed by atoms with van der Waals surface area (Å²) in [5, 5.41) is 1.20. The molecule has 2 N–H and O–H groups in total. The van der Waals surface area contributed by atoms with Crippen molar-refractivity contribution in [3.8, 4) is 0 Å². The van der Waals surface area contributed by atoms with E-state index in [1.54, 1.807) is 0 Å². The molecule has 1 unspecified atom stereocenters. The molecule has 1 aliphatic heterocycles. The van der Waals surface area contributed by atoms with Gasteiger partial charge in [-0.15, -0.1) is 0 Å². The van der Waals surface area contributed by atoms with Crippen molar-refractivity contribution in [3.05, 3.63) is 29.3 Å². The van der Waals surface area contributed by atoms with Crippen LogP contribution in [0.1, 0.15) is 70.4 Å². The number of anilines is 1. The van der Waals surface area contributed by atoms with Crippen molar-refractivity contribution in [3.63, 3.8) is 0 Å². The maximum absolute atomic E-state index is 12.7. The molecule has 0 aliphatic carbocycles. The summed E-state index contributed by atoms with van der Waals surface area (Å²) in [7, 11) is -4.29. The van der Waals surface area contributed by atoms with Crippen molar-refractivity contribution in [1.82, 2.24) is 9.62 Å². The predicted molar refractivity (Wildman–Crippen MR) is 111 cm³/mol. The zero-order valence-corrected chi connectivity index (χ0v) is 18.3. The van der Waals surface area contributed by atoms with E-state index in [0.717, 1.165) is 16.0 Å². The molecular weight excluding hydrogens is 394 g/mol. The Kier molecular flexibility index (Phi) is 7.05. The van der Waals surface area contributed by atoms with Crippen molar-refractivity contribution in [2.45, 2.75) is 64.5 Å². The molecule has 0 bridgehead atoms. The van der Waals surface area contributed by atoms with Gasteiger partial charge in [-0.3, -0.25) is 14.5 Å². The SMILES string of the molecule is CC(=O)N1CCCC(S(=O)(=O)NC(=O)Nc2c(C(C)C)cccc2C(C)C)C1=O. The average Bonchev–Trinajstić information content (AvgIpc) is 2.60. The molecule has 9 heteroatoms. The van der Waals surface area contributed by atoms with Gasteiger partial charge in [0.15, 0.2) is 5.25 Å². The second-order valence-corrected chi connectivity index (χ2v) is 9.73. The highest BCUT2D eigenvalue weighted by Crippen LogP contribution is 2.32. The summed E-state index contributed by atoms with van der Waals surface area (Å²) in [6.07, 6.45) is 0.428. The number of amides is 4. The van der Waals surface area contributed by atoms with Gasteiger partial charge in [-0.05, 0) is 35.8 Å². The van der Waals surface area contributed by atoms with Crippen LogP contribution >= 0.6 is 0 Å². The summed E-state index contributed by atoms with van der Waals surface area (Å²) in [6, 6.07) is 4.75. The monoisotopic (exact) mass is 423 g/mol. The Labute approximate surface area is 172 Å². The van der Waals surface area contributed by atoms with Crippen molar-refractivity contribution in [2.24, 2.45) is 0 Å². The van der Waals surface area contributed by atoms with Crippen LogP contribution in [-0.4, -0.2) is 43.0 Å². The Bertz CT molecular complexity index is 882. The van der Waals surface area contributed by atoms with Crippen molar-refractivity contribution in [2.75, 3.05) is 11.9 Å². The van der Waals surface area contributed by atoms with Gasteiger partial charge >= 0.3 is 6.03 Å². The summed E-state index contributed by atoms with van der Waals surface area (Å²) in [5.41, 5.74) is 2.35. The van der Waals surface area contributed by atoms with Crippen LogP contribution in [0, 0.1) is 0 Å². The number of rotatable bonds is 5. The number of carbonyl (C=O) groups excluding carboxylic acids is 3. The minimum Gasteiger partial charge on any atom is -0.307 e. The summed E-state index contributed by atoms with van der Waals surface area (Å²) in [5.74, 6) is -1.07. The summed E-state index contributed by atoms with van der Waals surface area (Å²) in [6.45, 7) is 9.33. The molecule has 1 aromatic carbocycles. The number of urea groups is 1. The Morgan fingerprint density at radius 2 is 1.66 bits per heavy atom. The Hall–Kier alpha value is -2.42. The molecule has 1 heterocycles. The van der Waals surface area contributed by atoms with Crippen LogP contribution in [0.5, 0.6) is 0 Å². The number of sulfonamides is 1. The minimum atomic E-state index is -4.29. The highest BCUT2D eigenvalue weighted by molar-refractivity contribution is 7.91. The first-order valence-electron chi connectivity index (χ1n) is 9.73. The lowest BCUT2D eigenvalue weighted by atomic mass is 9.93. The smallest absolute Gasteiger partial charge is 0.307 e. The Balaban J connectivity index is 2.25. The number of likely N-dealkylation sites (tertiary alicyclic amines) is 1. The number of nitrogens with one attached hydrogen (secondary N) is 2. The van der Waals surface area contributed by atoms with Gasteiger partial charge in [-0.1, -0.05) is 45.9 Å². The van der Waals surface area contributed by atoms with E-state index in [2.05, 4.69) is 5.32 Å². The van der Waals surface area contributed by atoms with Crippen LogP contribution in [0.2, 0.25) is 0 Å². The molecule has 160 valence electrons. The largest absolute Gasteiger partial charge is 0.332 e. The third kappa shape index (κ3) is 5.14. The fourth-order valence-corrected chi connectivity index (χ4v) is 4.80. The number of hydrogen-bond acceptors (Lipinski definition) is 5. The van der Waals surface area contributed by atoms with Crippen molar-refractivity contribution >= 4 is 33.6 Å². The standard InChI is InChI=1S/C20H29N3O5S/c1-12(2)15-8-6-9-16(13(3)4)18(15)21-20(26)22-29(27,28)17-10-7-11-23(14(5)24)19(17)25/h6,8-9,12-13,17H,7,10-11H2,1-5H3,(H2,21,22,26). The van der Waals surface area contributed by atoms with Crippen LogP contribution in [-0.2, 0) is 19.6 Å². The molecule has 1 aliphatic rings. The third-order valence-corrected chi connectivity index (χ3v) is 6.65. The first kappa shape index (κ1) is 22.9. The number of imide groups is 1. The molecule has 4 amide bonds. The fraction of sp³-hybridized carbons (Fsp3) is 0.550. The molecular formula is C20H29N3O5S. The van der Waals surface area contributed by atoms with Gasteiger partial charge in [0.1, 0.15) is 0 Å². The number of piperidine rings is 1. The lowest BCUT2D eigenvalue weighted by Gasteiger charge is -2.29. The molecule has 0 spiro atoms. The van der Waals surface area contributed by atoms with Gasteiger partial charge < -0.3 is 5.32 Å². The molecule has 29 heavy (non-hydrogen) atoms. The van der Waals surface area contributed by atoms with Crippen LogP contribution in [0.25, 0.3) is 0 Å². The van der Waals surface area contributed by atoms with E-state index in [4.69, 9.17) is 0 Å². The van der Waals surface area contributed by atoms with Gasteiger partial charge in [-0.25, -0.2) is 17.9 Å². The summed E-state index contributed by atoms with van der Waals surface area (Å²) in [4.78, 5) is 37.4. The average molecular weight is 424 g/mol. The molecule has 8 nitrogen and oxygen atoms in total. The predicted octanol–water partition coefficient (Wildman–Crippen LogP) is 2.92. The fourth-order valence-electron chi connectivity index (χ4n) is 3.48. The molecule has 0 saturated carbocycles. The van der Waals surface area contributed by atoms with Crippen LogP contribution in [0.4, 0.5) is 10.5 Å². The van der Waals surface area contributed by atoms with E-state index in [0.29, 0.717) is 12.1 Å². The second-order valence-electron chi connectivity index (χ2n) is 7.86. The zero-order chi connectivity index (χ0) is 21.9. The number of carbonyl (C=O) groups is 3. The lowest BCUT2D eigenvalue weighted by Crippen LogP contribution is -2.53. The van der Waals surface area contributed by atoms with Gasteiger partial charge in [0.2, 0.25) is 21.8 Å². The Morgan fingerprint density at radius 3 is 2.14 bits per heavy atom. The van der Waals surface area contributed by atoms with Crippen LogP contribution in [0.15, 0.2) is 18.2 Å². The zero-order valence-electron chi connectivity index (χ0n) is 17.5.